The highest BCUT2D eigenvalue weighted by Crippen LogP contribution is 2.36. The predicted molar refractivity (Wildman–Crippen MR) is 106 cm³/mol. The van der Waals surface area contributed by atoms with Crippen LogP contribution in [0.2, 0.25) is 0 Å². The molecule has 0 saturated heterocycles. The summed E-state index contributed by atoms with van der Waals surface area (Å²) in [6, 6.07) is 5.41. The van der Waals surface area contributed by atoms with Crippen LogP contribution in [-0.2, 0) is 16.0 Å². The molecule has 2 aliphatic rings. The van der Waals surface area contributed by atoms with E-state index >= 15 is 0 Å². The Labute approximate surface area is 160 Å². The molecule has 0 fully saturated rings. The minimum absolute atomic E-state index is 0.00352. The Morgan fingerprint density at radius 3 is 2.67 bits per heavy atom. The summed E-state index contributed by atoms with van der Waals surface area (Å²) in [5, 5.41) is 3.04. The first-order valence-electron chi connectivity index (χ1n) is 9.35. The van der Waals surface area contributed by atoms with E-state index in [1.807, 2.05) is 24.8 Å². The minimum Gasteiger partial charge on any atom is -0.501 e. The molecule has 0 bridgehead atoms. The molecule has 146 valence electrons. The molecule has 0 N–H and O–H groups in total. The molecule has 0 radical (unpaired) electrons. The molecule has 1 aliphatic carbocycles. The fourth-order valence-corrected chi connectivity index (χ4v) is 3.68. The van der Waals surface area contributed by atoms with Gasteiger partial charge in [-0.25, -0.2) is 0 Å². The predicted octanol–water partition coefficient (Wildman–Crippen LogP) is 4.51. The van der Waals surface area contributed by atoms with E-state index in [9.17, 15) is 9.70 Å². The lowest BCUT2D eigenvalue weighted by atomic mass is 9.82. The van der Waals surface area contributed by atoms with Crippen molar-refractivity contribution < 1.29 is 14.3 Å². The van der Waals surface area contributed by atoms with Gasteiger partial charge >= 0.3 is 0 Å². The maximum Gasteiger partial charge on any atom is 0.210 e. The maximum absolute atomic E-state index is 11.6. The zero-order chi connectivity index (χ0) is 19.8. The van der Waals surface area contributed by atoms with Gasteiger partial charge < -0.3 is 14.4 Å². The highest BCUT2D eigenvalue weighted by atomic mass is 16.5. The Morgan fingerprint density at radius 2 is 2.04 bits per heavy atom. The first-order valence-corrected chi connectivity index (χ1v) is 9.35. The van der Waals surface area contributed by atoms with Crippen molar-refractivity contribution in [3.05, 3.63) is 51.7 Å². The van der Waals surface area contributed by atoms with E-state index in [0.29, 0.717) is 18.7 Å². The number of nitroso groups, excluding NO2 is 1. The van der Waals surface area contributed by atoms with Gasteiger partial charge in [0.25, 0.3) is 0 Å². The van der Waals surface area contributed by atoms with Crippen LogP contribution >= 0.6 is 0 Å². The van der Waals surface area contributed by atoms with Crippen molar-refractivity contribution >= 4 is 12.1 Å². The molecule has 1 aliphatic heterocycles. The molecular weight excluding hydrogens is 344 g/mol. The van der Waals surface area contributed by atoms with Crippen molar-refractivity contribution in [2.45, 2.75) is 45.6 Å². The molecule has 1 unspecified atom stereocenters. The van der Waals surface area contributed by atoms with Gasteiger partial charge in [-0.1, -0.05) is 25.5 Å². The van der Waals surface area contributed by atoms with Gasteiger partial charge in [0.2, 0.25) is 6.41 Å². The Hall–Kier alpha value is -2.63. The van der Waals surface area contributed by atoms with Crippen molar-refractivity contribution in [1.82, 2.24) is 4.90 Å². The topological polar surface area (TPSA) is 68.2 Å². The second-order valence-corrected chi connectivity index (χ2v) is 6.29. The lowest BCUT2D eigenvalue weighted by Gasteiger charge is -2.38. The summed E-state index contributed by atoms with van der Waals surface area (Å²) in [4.78, 5) is 24.4. The van der Waals surface area contributed by atoms with Crippen LogP contribution < -0.4 is 4.74 Å². The normalized spacial score (nSPS) is 18.6. The molecule has 0 aromatic heterocycles. The van der Waals surface area contributed by atoms with Gasteiger partial charge in [-0.2, -0.15) is 0 Å². The van der Waals surface area contributed by atoms with E-state index < -0.39 is 0 Å². The van der Waals surface area contributed by atoms with Gasteiger partial charge in [0, 0.05) is 13.0 Å². The van der Waals surface area contributed by atoms with E-state index in [1.54, 1.807) is 19.2 Å². The number of hydrogen-bond donors (Lipinski definition) is 0. The summed E-state index contributed by atoms with van der Waals surface area (Å²) in [7, 11) is 3.21. The SMILES string of the molecule is CC.COC1=CCC2=C(CCN(C=O)C2Cc2ccc(OC)c(N=O)c2)C1. The van der Waals surface area contributed by atoms with Crippen LogP contribution in [0, 0.1) is 4.91 Å². The molecule has 6 nitrogen and oxygen atoms in total. The number of ether oxygens (including phenoxy) is 2. The van der Waals surface area contributed by atoms with Crippen molar-refractivity contribution in [3.8, 4) is 5.75 Å². The van der Waals surface area contributed by atoms with Gasteiger partial charge in [-0.05, 0) is 53.8 Å². The molecule has 0 spiro atoms. The van der Waals surface area contributed by atoms with Crippen molar-refractivity contribution in [3.63, 3.8) is 0 Å². The number of carbonyl (C=O) groups excluding carboxylic acids is 1. The monoisotopic (exact) mass is 372 g/mol. The lowest BCUT2D eigenvalue weighted by Crippen LogP contribution is -2.42. The quantitative estimate of drug-likeness (QED) is 0.418. The number of carbonyl (C=O) groups is 1. The largest absolute Gasteiger partial charge is 0.501 e. The molecule has 6 heteroatoms. The highest BCUT2D eigenvalue weighted by molar-refractivity contribution is 5.55. The lowest BCUT2D eigenvalue weighted by molar-refractivity contribution is -0.119. The number of methoxy groups -OCH3 is 2. The Balaban J connectivity index is 0.00000126. The summed E-state index contributed by atoms with van der Waals surface area (Å²) in [5.74, 6) is 1.45. The van der Waals surface area contributed by atoms with Gasteiger partial charge in [0.05, 0.1) is 26.0 Å². The van der Waals surface area contributed by atoms with E-state index in [-0.39, 0.29) is 11.7 Å². The first kappa shape index (κ1) is 20.7. The van der Waals surface area contributed by atoms with Crippen molar-refractivity contribution in [2.24, 2.45) is 5.18 Å². The number of hydrogen-bond acceptors (Lipinski definition) is 5. The average molecular weight is 372 g/mol. The maximum atomic E-state index is 11.6. The van der Waals surface area contributed by atoms with E-state index in [0.717, 1.165) is 37.0 Å². The van der Waals surface area contributed by atoms with Crippen molar-refractivity contribution in [2.75, 3.05) is 20.8 Å². The molecule has 27 heavy (non-hydrogen) atoms. The summed E-state index contributed by atoms with van der Waals surface area (Å²) < 4.78 is 10.5. The zero-order valence-electron chi connectivity index (χ0n) is 16.5. The van der Waals surface area contributed by atoms with E-state index in [1.165, 1.54) is 18.3 Å². The number of amides is 1. The summed E-state index contributed by atoms with van der Waals surface area (Å²) in [6.07, 6.45) is 6.16. The van der Waals surface area contributed by atoms with Crippen LogP contribution in [0.15, 0.2) is 46.4 Å². The zero-order valence-corrected chi connectivity index (χ0v) is 16.5. The molecule has 1 heterocycles. The fraction of sp³-hybridized carbons (Fsp3) is 0.476. The third-order valence-corrected chi connectivity index (χ3v) is 5.03. The summed E-state index contributed by atoms with van der Waals surface area (Å²) >= 11 is 0. The summed E-state index contributed by atoms with van der Waals surface area (Å²) in [6.45, 7) is 4.71. The van der Waals surface area contributed by atoms with Crippen LogP contribution in [-0.4, -0.2) is 38.1 Å². The number of allylic oxidation sites excluding steroid dienone is 2. The Morgan fingerprint density at radius 1 is 1.26 bits per heavy atom. The minimum atomic E-state index is 0.00352. The molecule has 1 aromatic rings. The van der Waals surface area contributed by atoms with Gasteiger partial charge in [-0.15, -0.1) is 4.91 Å². The second-order valence-electron chi connectivity index (χ2n) is 6.29. The van der Waals surface area contributed by atoms with Crippen molar-refractivity contribution in [1.29, 1.82) is 0 Å². The van der Waals surface area contributed by atoms with Crippen LogP contribution in [0.1, 0.15) is 38.7 Å². The molecule has 1 amide bonds. The molecule has 1 aromatic carbocycles. The highest BCUT2D eigenvalue weighted by Gasteiger charge is 2.30. The number of nitrogens with zero attached hydrogens (tertiary/aromatic N) is 2. The number of benzene rings is 1. The standard InChI is InChI=1S/C19H22N2O4.C2H6/c1-24-15-4-5-16-14(11-15)7-8-21(12-22)18(16)10-13-3-6-19(25-2)17(9-13)20-23;1-2/h3-4,6,9,12,18H,5,7-8,10-11H2,1-2H3;1-2H3. The van der Waals surface area contributed by atoms with Crippen LogP contribution in [0.4, 0.5) is 5.69 Å². The van der Waals surface area contributed by atoms with E-state index in [2.05, 4.69) is 11.3 Å². The van der Waals surface area contributed by atoms with Crippen LogP contribution in [0.3, 0.4) is 0 Å². The molecule has 0 saturated carbocycles. The smallest absolute Gasteiger partial charge is 0.210 e. The Kier molecular flexibility index (Phi) is 7.58. The molecule has 3 rings (SSSR count). The van der Waals surface area contributed by atoms with Crippen LogP contribution in [0.25, 0.3) is 0 Å². The number of rotatable bonds is 6. The summed E-state index contributed by atoms with van der Waals surface area (Å²) in [5.41, 5.74) is 3.90. The fourth-order valence-electron chi connectivity index (χ4n) is 3.68. The van der Waals surface area contributed by atoms with Crippen LogP contribution in [0.5, 0.6) is 5.75 Å². The average Bonchev–Trinajstić information content (AvgIpc) is 2.74. The third kappa shape index (κ3) is 4.56. The van der Waals surface area contributed by atoms with E-state index in [4.69, 9.17) is 9.47 Å². The van der Waals surface area contributed by atoms with Gasteiger partial charge in [0.15, 0.2) is 0 Å². The Bertz CT molecular complexity index is 740. The molecule has 1 atom stereocenters. The second kappa shape index (κ2) is 9.90. The van der Waals surface area contributed by atoms with Gasteiger partial charge in [0.1, 0.15) is 11.4 Å². The van der Waals surface area contributed by atoms with Gasteiger partial charge in [-0.3, -0.25) is 4.79 Å². The molecular formula is C21H28N2O4. The first-order chi connectivity index (χ1) is 13.2. The third-order valence-electron chi connectivity index (χ3n) is 5.03.